The van der Waals surface area contributed by atoms with E-state index in [-0.39, 0.29) is 33.1 Å². The monoisotopic (exact) mass is 349 g/mol. The molecule has 0 aliphatic carbocycles. The molecule has 2 aromatic carbocycles. The van der Waals surface area contributed by atoms with Gasteiger partial charge in [-0.2, -0.15) is 0 Å². The summed E-state index contributed by atoms with van der Waals surface area (Å²) in [5.41, 5.74) is 0.707. The maximum atomic E-state index is 12.8. The molecular formula is C13H10Cl2FNO3S. The van der Waals surface area contributed by atoms with E-state index >= 15 is 0 Å². The first-order valence-corrected chi connectivity index (χ1v) is 7.96. The van der Waals surface area contributed by atoms with Crippen LogP contribution in [0.1, 0.15) is 5.56 Å². The summed E-state index contributed by atoms with van der Waals surface area (Å²) < 4.78 is 40.7. The van der Waals surface area contributed by atoms with Gasteiger partial charge in [-0.05, 0) is 29.8 Å². The third kappa shape index (κ3) is 4.07. The largest absolute Gasteiger partial charge is 0.486 e. The highest BCUT2D eigenvalue weighted by Crippen LogP contribution is 2.35. The molecule has 0 atom stereocenters. The second kappa shape index (κ2) is 6.19. The number of nitrogens with two attached hydrogens (primary N) is 1. The van der Waals surface area contributed by atoms with Crippen molar-refractivity contribution in [3.05, 3.63) is 57.8 Å². The third-order valence-corrected chi connectivity index (χ3v) is 4.05. The van der Waals surface area contributed by atoms with Crippen molar-refractivity contribution in [2.75, 3.05) is 0 Å². The predicted molar refractivity (Wildman–Crippen MR) is 78.6 cm³/mol. The molecule has 2 aromatic rings. The van der Waals surface area contributed by atoms with Crippen LogP contribution in [0.3, 0.4) is 0 Å². The van der Waals surface area contributed by atoms with Crippen molar-refractivity contribution in [2.45, 2.75) is 11.5 Å². The Morgan fingerprint density at radius 2 is 1.62 bits per heavy atom. The van der Waals surface area contributed by atoms with Gasteiger partial charge in [0.1, 0.15) is 12.4 Å². The lowest BCUT2D eigenvalue weighted by Crippen LogP contribution is -2.12. The Morgan fingerprint density at radius 1 is 1.10 bits per heavy atom. The van der Waals surface area contributed by atoms with Gasteiger partial charge < -0.3 is 4.74 Å². The van der Waals surface area contributed by atoms with Gasteiger partial charge in [0.25, 0.3) is 0 Å². The Hall–Kier alpha value is -1.34. The molecule has 0 saturated heterocycles. The fraction of sp³-hybridized carbons (Fsp3) is 0.0769. The molecule has 21 heavy (non-hydrogen) atoms. The van der Waals surface area contributed by atoms with Crippen LogP contribution in [0.5, 0.6) is 5.75 Å². The van der Waals surface area contributed by atoms with E-state index < -0.39 is 10.0 Å². The molecule has 2 rings (SSSR count). The SMILES string of the molecule is NS(=O)(=O)c1cc(Cl)c(OCc2ccc(F)cc2)c(Cl)c1. The number of halogens is 3. The van der Waals surface area contributed by atoms with Crippen molar-refractivity contribution in [1.29, 1.82) is 0 Å². The molecule has 0 bridgehead atoms. The number of rotatable bonds is 4. The summed E-state index contributed by atoms with van der Waals surface area (Å²) in [6, 6.07) is 8.01. The van der Waals surface area contributed by atoms with Crippen LogP contribution in [0.25, 0.3) is 0 Å². The predicted octanol–water partition coefficient (Wildman–Crippen LogP) is 3.36. The normalized spacial score (nSPS) is 11.4. The molecule has 0 aliphatic heterocycles. The van der Waals surface area contributed by atoms with E-state index in [9.17, 15) is 12.8 Å². The molecule has 0 spiro atoms. The highest BCUT2D eigenvalue weighted by Gasteiger charge is 2.15. The average molecular weight is 350 g/mol. The number of primary sulfonamides is 1. The standard InChI is InChI=1S/C13H10Cl2FNO3S/c14-11-5-10(21(17,18)19)6-12(15)13(11)20-7-8-1-3-9(16)4-2-8/h1-6H,7H2,(H2,17,18,19). The van der Waals surface area contributed by atoms with Crippen LogP contribution in [-0.4, -0.2) is 8.42 Å². The molecule has 0 unspecified atom stereocenters. The molecule has 4 nitrogen and oxygen atoms in total. The second-order valence-electron chi connectivity index (χ2n) is 4.18. The van der Waals surface area contributed by atoms with Crippen molar-refractivity contribution in [1.82, 2.24) is 0 Å². The molecule has 0 aromatic heterocycles. The van der Waals surface area contributed by atoms with Crippen LogP contribution < -0.4 is 9.88 Å². The minimum Gasteiger partial charge on any atom is -0.486 e. The molecule has 0 heterocycles. The van der Waals surface area contributed by atoms with E-state index in [1.807, 2.05) is 0 Å². The second-order valence-corrected chi connectivity index (χ2v) is 6.55. The third-order valence-electron chi connectivity index (χ3n) is 2.60. The summed E-state index contributed by atoms with van der Waals surface area (Å²) in [7, 11) is -3.90. The first kappa shape index (κ1) is 16.0. The van der Waals surface area contributed by atoms with E-state index in [1.165, 1.54) is 12.1 Å². The number of ether oxygens (including phenoxy) is 1. The minimum atomic E-state index is -3.90. The fourth-order valence-electron chi connectivity index (χ4n) is 1.57. The molecule has 112 valence electrons. The van der Waals surface area contributed by atoms with Crippen molar-refractivity contribution >= 4 is 33.2 Å². The van der Waals surface area contributed by atoms with Crippen LogP contribution in [0.2, 0.25) is 10.0 Å². The van der Waals surface area contributed by atoms with Crippen LogP contribution in [0, 0.1) is 5.82 Å². The Morgan fingerprint density at radius 3 is 2.10 bits per heavy atom. The maximum Gasteiger partial charge on any atom is 0.238 e. The molecule has 0 aliphatic rings. The highest BCUT2D eigenvalue weighted by molar-refractivity contribution is 7.89. The van der Waals surface area contributed by atoms with Crippen LogP contribution >= 0.6 is 23.2 Å². The number of hydrogen-bond donors (Lipinski definition) is 1. The lowest BCUT2D eigenvalue weighted by molar-refractivity contribution is 0.306. The van der Waals surface area contributed by atoms with Crippen molar-refractivity contribution in [3.8, 4) is 5.75 Å². The molecule has 0 fully saturated rings. The molecule has 2 N–H and O–H groups in total. The topological polar surface area (TPSA) is 69.4 Å². The summed E-state index contributed by atoms with van der Waals surface area (Å²) in [5, 5.41) is 5.05. The molecule has 8 heteroatoms. The maximum absolute atomic E-state index is 12.8. The van der Waals surface area contributed by atoms with Gasteiger partial charge in [0, 0.05) is 0 Å². The van der Waals surface area contributed by atoms with Gasteiger partial charge in [-0.3, -0.25) is 0 Å². The van der Waals surface area contributed by atoms with E-state index in [0.717, 1.165) is 12.1 Å². The van der Waals surface area contributed by atoms with E-state index in [0.29, 0.717) is 5.56 Å². The van der Waals surface area contributed by atoms with E-state index in [2.05, 4.69) is 0 Å². The fourth-order valence-corrected chi connectivity index (χ4v) is 2.86. The van der Waals surface area contributed by atoms with Gasteiger partial charge in [0.15, 0.2) is 5.75 Å². The van der Waals surface area contributed by atoms with E-state index in [4.69, 9.17) is 33.1 Å². The Labute approximate surface area is 131 Å². The lowest BCUT2D eigenvalue weighted by Gasteiger charge is -2.11. The zero-order valence-electron chi connectivity index (χ0n) is 10.5. The molecular weight excluding hydrogens is 340 g/mol. The minimum absolute atomic E-state index is 0.0219. The summed E-state index contributed by atoms with van der Waals surface area (Å²) in [4.78, 5) is -0.202. The van der Waals surface area contributed by atoms with Crippen molar-refractivity contribution < 1.29 is 17.5 Å². The number of benzene rings is 2. The lowest BCUT2D eigenvalue weighted by atomic mass is 10.2. The Balaban J connectivity index is 2.23. The van der Waals surface area contributed by atoms with Crippen LogP contribution in [0.15, 0.2) is 41.3 Å². The van der Waals surface area contributed by atoms with Crippen molar-refractivity contribution in [3.63, 3.8) is 0 Å². The summed E-state index contributed by atoms with van der Waals surface area (Å²) in [6.45, 7) is 0.106. The average Bonchev–Trinajstić information content (AvgIpc) is 2.38. The Kier molecular flexibility index (Phi) is 4.73. The first-order valence-electron chi connectivity index (χ1n) is 5.66. The van der Waals surface area contributed by atoms with Crippen LogP contribution in [0.4, 0.5) is 4.39 Å². The smallest absolute Gasteiger partial charge is 0.238 e. The Bertz CT molecular complexity index is 740. The van der Waals surface area contributed by atoms with Gasteiger partial charge in [0.2, 0.25) is 10.0 Å². The van der Waals surface area contributed by atoms with Gasteiger partial charge >= 0.3 is 0 Å². The summed E-state index contributed by atoms with van der Waals surface area (Å²) in [5.74, 6) is -0.220. The number of hydrogen-bond acceptors (Lipinski definition) is 3. The quantitative estimate of drug-likeness (QED) is 0.919. The van der Waals surface area contributed by atoms with Crippen molar-refractivity contribution in [2.24, 2.45) is 5.14 Å². The summed E-state index contributed by atoms with van der Waals surface area (Å²) in [6.07, 6.45) is 0. The zero-order chi connectivity index (χ0) is 15.6. The number of sulfonamides is 1. The molecule has 0 radical (unpaired) electrons. The van der Waals surface area contributed by atoms with Gasteiger partial charge in [-0.25, -0.2) is 17.9 Å². The molecule has 0 amide bonds. The molecule has 0 saturated carbocycles. The van der Waals surface area contributed by atoms with Crippen LogP contribution in [-0.2, 0) is 16.6 Å². The van der Waals surface area contributed by atoms with Gasteiger partial charge in [-0.15, -0.1) is 0 Å². The summed E-state index contributed by atoms with van der Waals surface area (Å²) >= 11 is 11.9. The highest BCUT2D eigenvalue weighted by atomic mass is 35.5. The van der Waals surface area contributed by atoms with Gasteiger partial charge in [0.05, 0.1) is 14.9 Å². The van der Waals surface area contributed by atoms with E-state index in [1.54, 1.807) is 12.1 Å². The van der Waals surface area contributed by atoms with Gasteiger partial charge in [-0.1, -0.05) is 35.3 Å². The first-order chi connectivity index (χ1) is 9.77. The zero-order valence-corrected chi connectivity index (χ0v) is 12.8.